The zero-order chi connectivity index (χ0) is 10.7. The van der Waals surface area contributed by atoms with Gasteiger partial charge in [-0.05, 0) is 23.1 Å². The van der Waals surface area contributed by atoms with Crippen molar-refractivity contribution in [3.05, 3.63) is 42.5 Å². The van der Waals surface area contributed by atoms with Crippen LogP contribution in [-0.4, -0.2) is 4.57 Å². The fraction of sp³-hybridized carbons (Fsp3) is 0. The van der Waals surface area contributed by atoms with Crippen molar-refractivity contribution in [2.45, 2.75) is 0 Å². The number of carbonyl (C=O) groups excluding carboxylic acids is 1. The number of hydrogen-bond donors (Lipinski definition) is 0. The molecule has 15 heavy (non-hydrogen) atoms. The van der Waals surface area contributed by atoms with Crippen LogP contribution in [0.1, 0.15) is 0 Å². The van der Waals surface area contributed by atoms with Gasteiger partial charge < -0.3 is 4.18 Å². The Morgan fingerprint density at radius 1 is 1.13 bits per heavy atom. The van der Waals surface area contributed by atoms with Crippen LogP contribution in [0, 0.1) is 0 Å². The van der Waals surface area contributed by atoms with Gasteiger partial charge in [-0.1, -0.05) is 36.4 Å². The topological polar surface area (TPSA) is 26.3 Å². The molecule has 0 aliphatic rings. The summed E-state index contributed by atoms with van der Waals surface area (Å²) in [4.78, 5) is 10.6. The quantitative estimate of drug-likeness (QED) is 0.579. The van der Waals surface area contributed by atoms with Gasteiger partial charge in [-0.2, -0.15) is 0 Å². The second kappa shape index (κ2) is 4.55. The first-order chi connectivity index (χ1) is 7.27. The van der Waals surface area contributed by atoms with Gasteiger partial charge in [0.05, 0.1) is 0 Å². The summed E-state index contributed by atoms with van der Waals surface area (Å²) >= 11 is 5.80. The highest BCUT2D eigenvalue weighted by Crippen LogP contribution is 2.28. The Morgan fingerprint density at radius 3 is 2.67 bits per heavy atom. The van der Waals surface area contributed by atoms with E-state index in [1.165, 1.54) is 0 Å². The van der Waals surface area contributed by atoms with Gasteiger partial charge in [0.1, 0.15) is 17.8 Å². The molecule has 0 aliphatic heterocycles. The number of halogens is 1. The molecule has 0 unspecified atom stereocenters. The van der Waals surface area contributed by atoms with Gasteiger partial charge in [0.15, 0.2) is 0 Å². The molecule has 76 valence electrons. The molecule has 0 bridgehead atoms. The summed E-state index contributed by atoms with van der Waals surface area (Å²) in [6.07, 6.45) is 0. The van der Waals surface area contributed by atoms with E-state index in [4.69, 9.17) is 15.8 Å². The molecule has 2 rings (SSSR count). The van der Waals surface area contributed by atoms with Crippen LogP contribution < -0.4 is 4.18 Å². The number of rotatable bonds is 2. The van der Waals surface area contributed by atoms with E-state index in [2.05, 4.69) is 0 Å². The number of hydrogen-bond acceptors (Lipinski definition) is 3. The first kappa shape index (κ1) is 10.3. The highest BCUT2D eigenvalue weighted by molar-refractivity contribution is 8.12. The molecule has 0 spiro atoms. The standard InChI is InChI=1S/C11H7ClO2S/c12-11(13)15-14-10-7-3-5-8-4-1-2-6-9(8)10/h1-7H. The lowest BCUT2D eigenvalue weighted by Gasteiger charge is -2.04. The van der Waals surface area contributed by atoms with E-state index in [0.29, 0.717) is 17.8 Å². The molecule has 0 amide bonds. The Balaban J connectivity index is 2.38. The molecule has 0 fully saturated rings. The minimum Gasteiger partial charge on any atom is -0.416 e. The normalized spacial score (nSPS) is 10.2. The molecule has 2 aromatic carbocycles. The first-order valence-electron chi connectivity index (χ1n) is 4.29. The van der Waals surface area contributed by atoms with E-state index in [1.54, 1.807) is 6.07 Å². The average Bonchev–Trinajstić information content (AvgIpc) is 2.26. The molecule has 0 heterocycles. The Hall–Kier alpha value is -1.19. The second-order valence-corrected chi connectivity index (χ2v) is 4.15. The smallest absolute Gasteiger partial charge is 0.318 e. The van der Waals surface area contributed by atoms with E-state index in [9.17, 15) is 4.79 Å². The predicted molar refractivity (Wildman–Crippen MR) is 63.4 cm³/mol. The lowest BCUT2D eigenvalue weighted by atomic mass is 10.1. The molecule has 0 aliphatic carbocycles. The molecule has 0 saturated heterocycles. The fourth-order valence-corrected chi connectivity index (χ4v) is 1.74. The summed E-state index contributed by atoms with van der Waals surface area (Å²) < 4.78 is 4.64. The van der Waals surface area contributed by atoms with Crippen molar-refractivity contribution in [1.29, 1.82) is 0 Å². The third kappa shape index (κ3) is 2.43. The molecule has 0 atom stereocenters. The average molecular weight is 239 g/mol. The van der Waals surface area contributed by atoms with Gasteiger partial charge in [0.2, 0.25) is 0 Å². The van der Waals surface area contributed by atoms with Crippen LogP contribution in [-0.2, 0) is 0 Å². The lowest BCUT2D eigenvalue weighted by Crippen LogP contribution is -1.85. The van der Waals surface area contributed by atoms with E-state index >= 15 is 0 Å². The van der Waals surface area contributed by atoms with Crippen molar-refractivity contribution in [3.8, 4) is 5.75 Å². The van der Waals surface area contributed by atoms with Gasteiger partial charge in [-0.25, -0.2) is 0 Å². The van der Waals surface area contributed by atoms with Crippen LogP contribution in [0.25, 0.3) is 10.8 Å². The minimum absolute atomic E-state index is 0.581. The number of fused-ring (bicyclic) bond motifs is 1. The Labute approximate surface area is 96.4 Å². The van der Waals surface area contributed by atoms with Crippen LogP contribution in [0.15, 0.2) is 42.5 Å². The van der Waals surface area contributed by atoms with Gasteiger partial charge >= 0.3 is 4.57 Å². The molecule has 2 aromatic rings. The Bertz CT molecular complexity index is 493. The van der Waals surface area contributed by atoms with Crippen molar-refractivity contribution in [1.82, 2.24) is 0 Å². The molecule has 0 aromatic heterocycles. The molecule has 4 heteroatoms. The molecule has 2 nitrogen and oxygen atoms in total. The van der Waals surface area contributed by atoms with E-state index in [-0.39, 0.29) is 0 Å². The summed E-state index contributed by atoms with van der Waals surface area (Å²) in [5.74, 6) is 0.645. The van der Waals surface area contributed by atoms with Crippen molar-refractivity contribution in [3.63, 3.8) is 0 Å². The van der Waals surface area contributed by atoms with Gasteiger partial charge in [0.25, 0.3) is 0 Å². The first-order valence-corrected chi connectivity index (χ1v) is 5.41. The van der Waals surface area contributed by atoms with Crippen molar-refractivity contribution in [2.24, 2.45) is 0 Å². The molecule has 0 radical (unpaired) electrons. The largest absolute Gasteiger partial charge is 0.416 e. The van der Waals surface area contributed by atoms with Crippen molar-refractivity contribution < 1.29 is 8.98 Å². The van der Waals surface area contributed by atoms with E-state index in [1.807, 2.05) is 36.4 Å². The van der Waals surface area contributed by atoms with Crippen LogP contribution >= 0.6 is 23.6 Å². The second-order valence-electron chi connectivity index (χ2n) is 2.88. The highest BCUT2D eigenvalue weighted by Gasteiger charge is 2.04. The van der Waals surface area contributed by atoms with Gasteiger partial charge in [-0.15, -0.1) is 0 Å². The van der Waals surface area contributed by atoms with Crippen molar-refractivity contribution in [2.75, 3.05) is 0 Å². The summed E-state index contributed by atoms with van der Waals surface area (Å²) in [5.41, 5.74) is 0. The SMILES string of the molecule is O=C(Cl)SOc1cccc2ccccc12. The third-order valence-electron chi connectivity index (χ3n) is 1.95. The molecular weight excluding hydrogens is 232 g/mol. The zero-order valence-corrected chi connectivity index (χ0v) is 9.22. The lowest BCUT2D eigenvalue weighted by molar-refractivity contribution is 0.275. The monoisotopic (exact) mass is 238 g/mol. The maximum Gasteiger partial charge on any atom is 0.318 e. The third-order valence-corrected chi connectivity index (χ3v) is 2.53. The molecular formula is C11H7ClO2S. The Kier molecular flexibility index (Phi) is 3.14. The zero-order valence-electron chi connectivity index (χ0n) is 7.64. The van der Waals surface area contributed by atoms with Gasteiger partial charge in [-0.3, -0.25) is 4.79 Å². The summed E-state index contributed by atoms with van der Waals surface area (Å²) in [7, 11) is 0. The van der Waals surface area contributed by atoms with Crippen LogP contribution in [0.3, 0.4) is 0 Å². The summed E-state index contributed by atoms with van der Waals surface area (Å²) in [6, 6.07) is 13.4. The summed E-state index contributed by atoms with van der Waals surface area (Å²) in [5, 5.41) is 2.03. The maximum absolute atomic E-state index is 10.6. The number of benzene rings is 2. The minimum atomic E-state index is -0.581. The van der Waals surface area contributed by atoms with Crippen LogP contribution in [0.5, 0.6) is 5.75 Å². The van der Waals surface area contributed by atoms with E-state index < -0.39 is 4.57 Å². The molecule has 0 saturated carbocycles. The maximum atomic E-state index is 10.6. The predicted octanol–water partition coefficient (Wildman–Crippen LogP) is 4.23. The van der Waals surface area contributed by atoms with E-state index in [0.717, 1.165) is 10.8 Å². The highest BCUT2D eigenvalue weighted by atomic mass is 35.5. The van der Waals surface area contributed by atoms with Crippen molar-refractivity contribution >= 4 is 39.0 Å². The fourth-order valence-electron chi connectivity index (χ4n) is 1.35. The molecule has 0 N–H and O–H groups in total. The number of carbonyl (C=O) groups is 1. The Morgan fingerprint density at radius 2 is 1.87 bits per heavy atom. The van der Waals surface area contributed by atoms with Crippen LogP contribution in [0.2, 0.25) is 0 Å². The van der Waals surface area contributed by atoms with Gasteiger partial charge in [0, 0.05) is 5.39 Å². The summed E-state index contributed by atoms with van der Waals surface area (Å²) in [6.45, 7) is 0. The van der Waals surface area contributed by atoms with Crippen LogP contribution in [0.4, 0.5) is 4.79 Å².